The van der Waals surface area contributed by atoms with Crippen LogP contribution in [0.2, 0.25) is 0 Å². The Morgan fingerprint density at radius 2 is 2.30 bits per heavy atom. The smallest absolute Gasteiger partial charge is 0.0633 e. The van der Waals surface area contributed by atoms with Gasteiger partial charge >= 0.3 is 0 Å². The number of rotatable bonds is 4. The second-order valence-electron chi connectivity index (χ2n) is 3.14. The van der Waals surface area contributed by atoms with Crippen LogP contribution in [0.5, 0.6) is 0 Å². The molecule has 1 N–H and O–H groups in total. The number of hydrogen-bond donors (Lipinski definition) is 1. The molecule has 1 rings (SSSR count). The predicted octanol–water partition coefficient (Wildman–Crippen LogP) is 1.90. The minimum Gasteiger partial charge on any atom is -0.392 e. The van der Waals surface area contributed by atoms with Crippen molar-refractivity contribution in [1.29, 1.82) is 0 Å². The van der Waals surface area contributed by atoms with Crippen molar-refractivity contribution in [2.45, 2.75) is 31.8 Å². The van der Waals surface area contributed by atoms with Gasteiger partial charge in [0.1, 0.15) is 0 Å². The van der Waals surface area contributed by atoms with Gasteiger partial charge in [0.25, 0.3) is 0 Å². The van der Waals surface area contributed by atoms with Gasteiger partial charge in [0, 0.05) is 5.75 Å². The van der Waals surface area contributed by atoms with Crippen LogP contribution >= 0.6 is 11.8 Å². The van der Waals surface area contributed by atoms with E-state index >= 15 is 0 Å². The number of aliphatic hydroxyl groups is 1. The molecule has 0 aromatic rings. The molecule has 0 amide bonds. The Kier molecular flexibility index (Phi) is 3.57. The van der Waals surface area contributed by atoms with Crippen LogP contribution in [0.15, 0.2) is 0 Å². The van der Waals surface area contributed by atoms with Crippen molar-refractivity contribution in [1.82, 2.24) is 0 Å². The fourth-order valence-electron chi connectivity index (χ4n) is 1.37. The van der Waals surface area contributed by atoms with E-state index in [1.165, 1.54) is 19.3 Å². The Balaban J connectivity index is 1.99. The highest BCUT2D eigenvalue weighted by Gasteiger charge is 2.20. The summed E-state index contributed by atoms with van der Waals surface area (Å²) in [7, 11) is 0. The summed E-state index contributed by atoms with van der Waals surface area (Å²) in [6.45, 7) is 0. The van der Waals surface area contributed by atoms with Gasteiger partial charge < -0.3 is 5.11 Å². The molecular formula is C8H16OS. The molecule has 0 saturated heterocycles. The van der Waals surface area contributed by atoms with E-state index in [0.29, 0.717) is 0 Å². The molecule has 0 heterocycles. The topological polar surface area (TPSA) is 20.2 Å². The van der Waals surface area contributed by atoms with Crippen LogP contribution < -0.4 is 0 Å². The molecule has 1 saturated carbocycles. The Bertz CT molecular complexity index is 91.3. The van der Waals surface area contributed by atoms with Gasteiger partial charge in [-0.1, -0.05) is 19.3 Å². The maximum Gasteiger partial charge on any atom is 0.0633 e. The maximum atomic E-state index is 9.36. The standard InChI is InChI=1S/C8H16OS/c1-10-6-8(9)5-7-3-2-4-7/h7-9H,2-6H2,1H3. The zero-order valence-electron chi connectivity index (χ0n) is 6.55. The van der Waals surface area contributed by atoms with Crippen LogP contribution in [0.25, 0.3) is 0 Å². The number of aliphatic hydroxyl groups excluding tert-OH is 1. The molecular weight excluding hydrogens is 144 g/mol. The maximum absolute atomic E-state index is 9.36. The largest absolute Gasteiger partial charge is 0.392 e. The lowest BCUT2D eigenvalue weighted by molar-refractivity contribution is 0.136. The number of thioether (sulfide) groups is 1. The van der Waals surface area contributed by atoms with E-state index in [4.69, 9.17) is 0 Å². The molecule has 1 unspecified atom stereocenters. The van der Waals surface area contributed by atoms with E-state index in [1.54, 1.807) is 11.8 Å². The van der Waals surface area contributed by atoms with E-state index in [9.17, 15) is 5.11 Å². The molecule has 0 aliphatic heterocycles. The Morgan fingerprint density at radius 3 is 2.70 bits per heavy atom. The highest BCUT2D eigenvalue weighted by molar-refractivity contribution is 7.98. The monoisotopic (exact) mass is 160 g/mol. The molecule has 1 aliphatic carbocycles. The van der Waals surface area contributed by atoms with E-state index in [0.717, 1.165) is 18.1 Å². The van der Waals surface area contributed by atoms with Gasteiger partial charge in [0.05, 0.1) is 6.10 Å². The fourth-order valence-corrected chi connectivity index (χ4v) is 1.89. The van der Waals surface area contributed by atoms with Crippen molar-refractivity contribution in [3.05, 3.63) is 0 Å². The molecule has 0 spiro atoms. The third-order valence-electron chi connectivity index (χ3n) is 2.19. The van der Waals surface area contributed by atoms with Gasteiger partial charge in [-0.3, -0.25) is 0 Å². The zero-order chi connectivity index (χ0) is 7.40. The van der Waals surface area contributed by atoms with E-state index in [2.05, 4.69) is 0 Å². The third kappa shape index (κ3) is 2.51. The first-order valence-corrected chi connectivity index (χ1v) is 5.39. The first-order valence-electron chi connectivity index (χ1n) is 4.00. The van der Waals surface area contributed by atoms with Gasteiger partial charge in [0.2, 0.25) is 0 Å². The molecule has 0 aromatic carbocycles. The zero-order valence-corrected chi connectivity index (χ0v) is 7.36. The van der Waals surface area contributed by atoms with Crippen molar-refractivity contribution < 1.29 is 5.11 Å². The summed E-state index contributed by atoms with van der Waals surface area (Å²) in [5, 5.41) is 9.36. The summed E-state index contributed by atoms with van der Waals surface area (Å²) in [5.74, 6) is 1.76. The van der Waals surface area contributed by atoms with Crippen LogP contribution in [0.3, 0.4) is 0 Å². The molecule has 1 aliphatic rings. The summed E-state index contributed by atoms with van der Waals surface area (Å²) in [5.41, 5.74) is 0. The summed E-state index contributed by atoms with van der Waals surface area (Å²) in [6, 6.07) is 0. The summed E-state index contributed by atoms with van der Waals surface area (Å²) < 4.78 is 0. The number of hydrogen-bond acceptors (Lipinski definition) is 2. The summed E-state index contributed by atoms with van der Waals surface area (Å²) in [4.78, 5) is 0. The SMILES string of the molecule is CSCC(O)CC1CCC1. The van der Waals surface area contributed by atoms with Crippen molar-refractivity contribution >= 4 is 11.8 Å². The third-order valence-corrected chi connectivity index (χ3v) is 2.91. The molecule has 0 bridgehead atoms. The Morgan fingerprint density at radius 1 is 1.60 bits per heavy atom. The second kappa shape index (κ2) is 4.24. The Labute approximate surface area is 67.2 Å². The average Bonchev–Trinajstić information content (AvgIpc) is 1.80. The molecule has 0 aromatic heterocycles. The van der Waals surface area contributed by atoms with Gasteiger partial charge in [-0.05, 0) is 18.6 Å². The predicted molar refractivity (Wildman–Crippen MR) is 46.3 cm³/mol. The van der Waals surface area contributed by atoms with E-state index < -0.39 is 0 Å². The first kappa shape index (κ1) is 8.41. The van der Waals surface area contributed by atoms with E-state index in [1.807, 2.05) is 6.26 Å². The summed E-state index contributed by atoms with van der Waals surface area (Å²) in [6.07, 6.45) is 7.14. The van der Waals surface area contributed by atoms with Crippen LogP contribution in [-0.4, -0.2) is 23.2 Å². The molecule has 1 atom stereocenters. The molecule has 1 nitrogen and oxygen atoms in total. The van der Waals surface area contributed by atoms with Crippen molar-refractivity contribution in [3.8, 4) is 0 Å². The van der Waals surface area contributed by atoms with Crippen LogP contribution in [0, 0.1) is 5.92 Å². The summed E-state index contributed by atoms with van der Waals surface area (Å²) >= 11 is 1.74. The second-order valence-corrected chi connectivity index (χ2v) is 4.05. The van der Waals surface area contributed by atoms with Crippen LogP contribution in [0.4, 0.5) is 0 Å². The lowest BCUT2D eigenvalue weighted by Crippen LogP contribution is -2.20. The fraction of sp³-hybridized carbons (Fsp3) is 1.00. The molecule has 1 fully saturated rings. The Hall–Kier alpha value is 0.310. The van der Waals surface area contributed by atoms with Gasteiger partial charge in [0.15, 0.2) is 0 Å². The normalized spacial score (nSPS) is 22.2. The van der Waals surface area contributed by atoms with Gasteiger partial charge in [-0.15, -0.1) is 0 Å². The minimum atomic E-state index is -0.0414. The first-order chi connectivity index (χ1) is 4.83. The van der Waals surface area contributed by atoms with E-state index in [-0.39, 0.29) is 6.10 Å². The van der Waals surface area contributed by atoms with Gasteiger partial charge in [-0.25, -0.2) is 0 Å². The van der Waals surface area contributed by atoms with Crippen molar-refractivity contribution in [2.24, 2.45) is 5.92 Å². The lowest BCUT2D eigenvalue weighted by Gasteiger charge is -2.27. The highest BCUT2D eigenvalue weighted by atomic mass is 32.2. The molecule has 2 heteroatoms. The van der Waals surface area contributed by atoms with Crippen LogP contribution in [-0.2, 0) is 0 Å². The van der Waals surface area contributed by atoms with Crippen molar-refractivity contribution in [3.63, 3.8) is 0 Å². The van der Waals surface area contributed by atoms with Crippen molar-refractivity contribution in [2.75, 3.05) is 12.0 Å². The quantitative estimate of drug-likeness (QED) is 0.678. The average molecular weight is 160 g/mol. The molecule has 0 radical (unpaired) electrons. The van der Waals surface area contributed by atoms with Gasteiger partial charge in [-0.2, -0.15) is 11.8 Å². The lowest BCUT2D eigenvalue weighted by atomic mass is 9.82. The van der Waals surface area contributed by atoms with Crippen LogP contribution in [0.1, 0.15) is 25.7 Å². The highest BCUT2D eigenvalue weighted by Crippen LogP contribution is 2.30. The minimum absolute atomic E-state index is 0.0414. The molecule has 60 valence electrons. The molecule has 10 heavy (non-hydrogen) atoms.